The van der Waals surface area contributed by atoms with Crippen molar-refractivity contribution in [3.05, 3.63) is 23.3 Å². The van der Waals surface area contributed by atoms with Gasteiger partial charge >= 0.3 is 0 Å². The SMILES string of the molecule is COc1cc2c(cc1OC)CCN(C(=O)C1CC3CCCC(C1)C3N)CC2.Cl. The van der Waals surface area contributed by atoms with Gasteiger partial charge in [-0.25, -0.2) is 0 Å². The highest BCUT2D eigenvalue weighted by atomic mass is 35.5. The molecule has 1 aromatic rings. The third-order valence-corrected chi connectivity index (χ3v) is 7.08. The highest BCUT2D eigenvalue weighted by Crippen LogP contribution is 2.42. The van der Waals surface area contributed by atoms with Crippen molar-refractivity contribution in [3.8, 4) is 11.5 Å². The predicted molar refractivity (Wildman–Crippen MR) is 112 cm³/mol. The lowest BCUT2D eigenvalue weighted by atomic mass is 9.65. The van der Waals surface area contributed by atoms with Gasteiger partial charge in [-0.1, -0.05) is 6.42 Å². The first kappa shape index (κ1) is 21.3. The number of hydrogen-bond donors (Lipinski definition) is 1. The standard InChI is InChI=1S/C22H32N2O3.ClH/c1-26-19-12-14-6-8-24(9-7-15(14)13-20(19)27-2)22(25)18-10-16-4-3-5-17(11-18)21(16)23;/h12-13,16-18,21H,3-11,23H2,1-2H3;1H. The number of fused-ring (bicyclic) bond motifs is 3. The minimum atomic E-state index is 0. The Bertz CT molecular complexity index is 662. The number of nitrogens with two attached hydrogens (primary N) is 1. The summed E-state index contributed by atoms with van der Waals surface area (Å²) in [6.07, 6.45) is 7.41. The van der Waals surface area contributed by atoms with Crippen LogP contribution in [0.2, 0.25) is 0 Å². The number of carbonyl (C=O) groups is 1. The van der Waals surface area contributed by atoms with Crippen LogP contribution in [0.1, 0.15) is 43.2 Å². The average Bonchev–Trinajstić information content (AvgIpc) is 2.88. The second kappa shape index (κ2) is 8.91. The van der Waals surface area contributed by atoms with Gasteiger partial charge in [0.25, 0.3) is 0 Å². The topological polar surface area (TPSA) is 64.8 Å². The first-order valence-electron chi connectivity index (χ1n) is 10.4. The zero-order chi connectivity index (χ0) is 19.0. The molecule has 2 fully saturated rings. The number of benzene rings is 1. The van der Waals surface area contributed by atoms with Crippen LogP contribution >= 0.6 is 12.4 Å². The maximum Gasteiger partial charge on any atom is 0.225 e. The molecule has 2 unspecified atom stereocenters. The minimum Gasteiger partial charge on any atom is -0.493 e. The van der Waals surface area contributed by atoms with E-state index in [2.05, 4.69) is 17.0 Å². The van der Waals surface area contributed by atoms with E-state index in [-0.39, 0.29) is 18.3 Å². The van der Waals surface area contributed by atoms with Crippen molar-refractivity contribution < 1.29 is 14.3 Å². The van der Waals surface area contributed by atoms with E-state index in [1.54, 1.807) is 14.2 Å². The first-order valence-corrected chi connectivity index (χ1v) is 10.4. The van der Waals surface area contributed by atoms with E-state index in [4.69, 9.17) is 15.2 Å². The Morgan fingerprint density at radius 2 is 1.50 bits per heavy atom. The lowest BCUT2D eigenvalue weighted by Gasteiger charge is -2.44. The quantitative estimate of drug-likeness (QED) is 0.834. The summed E-state index contributed by atoms with van der Waals surface area (Å²) in [4.78, 5) is 15.4. The molecule has 0 aromatic heterocycles. The number of ether oxygens (including phenoxy) is 2. The molecule has 156 valence electrons. The predicted octanol–water partition coefficient (Wildman–Crippen LogP) is 3.21. The lowest BCUT2D eigenvalue weighted by Crippen LogP contribution is -2.50. The Labute approximate surface area is 174 Å². The second-order valence-electron chi connectivity index (χ2n) is 8.50. The number of methoxy groups -OCH3 is 2. The number of nitrogens with zero attached hydrogens (tertiary/aromatic N) is 1. The van der Waals surface area contributed by atoms with Gasteiger partial charge in [0.15, 0.2) is 11.5 Å². The van der Waals surface area contributed by atoms with Crippen LogP contribution in [0, 0.1) is 17.8 Å². The average molecular weight is 409 g/mol. The molecule has 2 aliphatic carbocycles. The van der Waals surface area contributed by atoms with E-state index in [0.29, 0.717) is 23.8 Å². The summed E-state index contributed by atoms with van der Waals surface area (Å²) in [7, 11) is 3.34. The molecule has 2 atom stereocenters. The zero-order valence-electron chi connectivity index (χ0n) is 17.0. The molecular weight excluding hydrogens is 376 g/mol. The van der Waals surface area contributed by atoms with Crippen molar-refractivity contribution in [1.82, 2.24) is 4.90 Å². The van der Waals surface area contributed by atoms with Crippen LogP contribution in [-0.4, -0.2) is 44.2 Å². The molecule has 28 heavy (non-hydrogen) atoms. The van der Waals surface area contributed by atoms with E-state index in [1.807, 2.05) is 0 Å². The number of carbonyl (C=O) groups excluding carboxylic acids is 1. The Morgan fingerprint density at radius 3 is 1.96 bits per heavy atom. The summed E-state index contributed by atoms with van der Waals surface area (Å²) in [6.45, 7) is 1.58. The number of rotatable bonds is 3. The number of halogens is 1. The first-order chi connectivity index (χ1) is 13.1. The molecule has 1 heterocycles. The summed E-state index contributed by atoms with van der Waals surface area (Å²) in [5, 5.41) is 0. The fourth-order valence-corrected chi connectivity index (χ4v) is 5.52. The van der Waals surface area contributed by atoms with Gasteiger partial charge in [-0.3, -0.25) is 4.79 Å². The molecule has 5 nitrogen and oxygen atoms in total. The van der Waals surface area contributed by atoms with Gasteiger partial charge in [-0.05, 0) is 73.6 Å². The van der Waals surface area contributed by atoms with Gasteiger partial charge in [0.05, 0.1) is 14.2 Å². The molecule has 6 heteroatoms. The Kier molecular flexibility index (Phi) is 6.77. The molecule has 1 amide bonds. The van der Waals surface area contributed by atoms with Crippen LogP contribution in [-0.2, 0) is 17.6 Å². The van der Waals surface area contributed by atoms with Crippen LogP contribution < -0.4 is 15.2 Å². The van der Waals surface area contributed by atoms with Gasteiger partial charge in [-0.15, -0.1) is 12.4 Å². The fraction of sp³-hybridized carbons (Fsp3) is 0.682. The molecule has 0 saturated heterocycles. The maximum absolute atomic E-state index is 13.3. The normalized spacial score (nSPS) is 29.2. The lowest BCUT2D eigenvalue weighted by molar-refractivity contribution is -0.138. The van der Waals surface area contributed by atoms with Gasteiger partial charge in [0.1, 0.15) is 0 Å². The fourth-order valence-electron chi connectivity index (χ4n) is 5.52. The van der Waals surface area contributed by atoms with Crippen LogP contribution in [0.3, 0.4) is 0 Å². The van der Waals surface area contributed by atoms with E-state index < -0.39 is 0 Å². The van der Waals surface area contributed by atoms with Gasteiger partial charge < -0.3 is 20.1 Å². The highest BCUT2D eigenvalue weighted by molar-refractivity contribution is 5.85. The molecule has 1 aromatic carbocycles. The summed E-state index contributed by atoms with van der Waals surface area (Å²) in [5.74, 6) is 3.15. The molecule has 2 bridgehead atoms. The van der Waals surface area contributed by atoms with E-state index >= 15 is 0 Å². The molecule has 2 saturated carbocycles. The maximum atomic E-state index is 13.3. The van der Waals surface area contributed by atoms with Crippen LogP contribution in [0.4, 0.5) is 0 Å². The molecule has 0 spiro atoms. The summed E-state index contributed by atoms with van der Waals surface area (Å²) < 4.78 is 10.9. The molecule has 3 aliphatic rings. The summed E-state index contributed by atoms with van der Waals surface area (Å²) >= 11 is 0. The van der Waals surface area contributed by atoms with Crippen molar-refractivity contribution in [2.75, 3.05) is 27.3 Å². The molecule has 1 aliphatic heterocycles. The van der Waals surface area contributed by atoms with E-state index in [0.717, 1.165) is 50.3 Å². The number of amides is 1. The van der Waals surface area contributed by atoms with E-state index in [1.165, 1.54) is 30.4 Å². The Hall–Kier alpha value is -1.46. The monoisotopic (exact) mass is 408 g/mol. The smallest absolute Gasteiger partial charge is 0.225 e. The zero-order valence-corrected chi connectivity index (χ0v) is 17.8. The summed E-state index contributed by atoms with van der Waals surface area (Å²) in [5.41, 5.74) is 8.95. The van der Waals surface area contributed by atoms with Gasteiger partial charge in [0.2, 0.25) is 5.91 Å². The van der Waals surface area contributed by atoms with Gasteiger partial charge in [-0.2, -0.15) is 0 Å². The molecular formula is C22H33ClN2O3. The van der Waals surface area contributed by atoms with Crippen molar-refractivity contribution in [2.45, 2.75) is 51.0 Å². The summed E-state index contributed by atoms with van der Waals surface area (Å²) in [6, 6.07) is 4.47. The van der Waals surface area contributed by atoms with Crippen molar-refractivity contribution in [1.29, 1.82) is 0 Å². The highest BCUT2D eigenvalue weighted by Gasteiger charge is 2.41. The second-order valence-corrected chi connectivity index (χ2v) is 8.50. The minimum absolute atomic E-state index is 0. The largest absolute Gasteiger partial charge is 0.493 e. The van der Waals surface area contributed by atoms with Crippen molar-refractivity contribution >= 4 is 18.3 Å². The van der Waals surface area contributed by atoms with Crippen molar-refractivity contribution in [3.63, 3.8) is 0 Å². The van der Waals surface area contributed by atoms with Crippen LogP contribution in [0.5, 0.6) is 11.5 Å². The third-order valence-electron chi connectivity index (χ3n) is 7.08. The number of hydrogen-bond acceptors (Lipinski definition) is 4. The molecule has 2 N–H and O–H groups in total. The van der Waals surface area contributed by atoms with Crippen LogP contribution in [0.25, 0.3) is 0 Å². The Morgan fingerprint density at radius 1 is 1.00 bits per heavy atom. The third kappa shape index (κ3) is 3.97. The molecule has 0 radical (unpaired) electrons. The molecule has 4 rings (SSSR count). The van der Waals surface area contributed by atoms with E-state index in [9.17, 15) is 4.79 Å². The van der Waals surface area contributed by atoms with Crippen LogP contribution in [0.15, 0.2) is 12.1 Å². The van der Waals surface area contributed by atoms with Crippen molar-refractivity contribution in [2.24, 2.45) is 23.5 Å². The van der Waals surface area contributed by atoms with Gasteiger partial charge in [0, 0.05) is 25.0 Å². The Balaban J connectivity index is 0.00000225.